The molecule has 0 saturated heterocycles. The van der Waals surface area contributed by atoms with Gasteiger partial charge in [-0.1, -0.05) is 19.3 Å². The van der Waals surface area contributed by atoms with Gasteiger partial charge in [-0.3, -0.25) is 4.79 Å². The molecule has 1 aromatic rings. The first kappa shape index (κ1) is 9.11. The van der Waals surface area contributed by atoms with E-state index in [9.17, 15) is 4.79 Å². The van der Waals surface area contributed by atoms with Crippen LogP contribution in [0.4, 0.5) is 0 Å². The molecule has 14 heavy (non-hydrogen) atoms. The van der Waals surface area contributed by atoms with E-state index >= 15 is 0 Å². The number of rotatable bonds is 4. The molecule has 0 unspecified atom stereocenters. The van der Waals surface area contributed by atoms with Gasteiger partial charge in [-0.15, -0.1) is 10.2 Å². The van der Waals surface area contributed by atoms with Crippen LogP contribution in [0, 0.1) is 5.92 Å². The third kappa shape index (κ3) is 2.07. The first-order valence-corrected chi connectivity index (χ1v) is 4.88. The predicted octanol–water partition coefficient (Wildman–Crippen LogP) is 0.120. The lowest BCUT2D eigenvalue weighted by Gasteiger charge is -2.24. The Balaban J connectivity index is 1.67. The Labute approximate surface area is 81.5 Å². The second kappa shape index (κ2) is 4.17. The lowest BCUT2D eigenvalue weighted by molar-refractivity contribution is 0.0938. The van der Waals surface area contributed by atoms with Crippen LogP contribution in [0.2, 0.25) is 0 Å². The monoisotopic (exact) mass is 195 g/mol. The largest absolute Gasteiger partial charge is 0.349 e. The van der Waals surface area contributed by atoms with E-state index in [-0.39, 0.29) is 11.7 Å². The summed E-state index contributed by atoms with van der Waals surface area (Å²) in [6.45, 7) is 0.706. The fourth-order valence-corrected chi connectivity index (χ4v) is 1.51. The molecule has 0 aliphatic heterocycles. The third-order valence-electron chi connectivity index (χ3n) is 2.61. The molecule has 0 bridgehead atoms. The minimum absolute atomic E-state index is 0.110. The first-order chi connectivity index (χ1) is 6.86. The number of hydrogen-bond acceptors (Lipinski definition) is 4. The molecule has 0 spiro atoms. The Hall–Kier alpha value is -1.46. The van der Waals surface area contributed by atoms with Crippen molar-refractivity contribution >= 4 is 5.91 Å². The fourth-order valence-electron chi connectivity index (χ4n) is 1.51. The van der Waals surface area contributed by atoms with E-state index in [0.29, 0.717) is 6.54 Å². The lowest BCUT2D eigenvalue weighted by atomic mass is 9.83. The Kier molecular flexibility index (Phi) is 2.71. The number of carbonyl (C=O) groups excluding carboxylic acids is 1. The van der Waals surface area contributed by atoms with Crippen LogP contribution in [0.25, 0.3) is 0 Å². The number of nitrogens with one attached hydrogen (secondary N) is 2. The second-order valence-corrected chi connectivity index (χ2v) is 3.58. The van der Waals surface area contributed by atoms with Gasteiger partial charge in [0.15, 0.2) is 0 Å². The molecule has 1 saturated carbocycles. The average molecular weight is 195 g/mol. The van der Waals surface area contributed by atoms with Gasteiger partial charge in [0, 0.05) is 6.54 Å². The fraction of sp³-hybridized carbons (Fsp3) is 0.750. The van der Waals surface area contributed by atoms with Crippen molar-refractivity contribution in [3.8, 4) is 0 Å². The van der Waals surface area contributed by atoms with Crippen molar-refractivity contribution in [2.24, 2.45) is 5.92 Å². The van der Waals surface area contributed by atoms with Crippen molar-refractivity contribution < 1.29 is 4.79 Å². The van der Waals surface area contributed by atoms with Crippen molar-refractivity contribution in [1.29, 1.82) is 0 Å². The van der Waals surface area contributed by atoms with Crippen LogP contribution < -0.4 is 5.32 Å². The third-order valence-corrected chi connectivity index (χ3v) is 2.61. The van der Waals surface area contributed by atoms with Crippen LogP contribution in [0.15, 0.2) is 0 Å². The summed E-state index contributed by atoms with van der Waals surface area (Å²) in [4.78, 5) is 11.3. The number of hydrogen-bond donors (Lipinski definition) is 2. The number of nitrogens with zero attached hydrogens (tertiary/aromatic N) is 3. The summed E-state index contributed by atoms with van der Waals surface area (Å²) in [5, 5.41) is 15.5. The van der Waals surface area contributed by atoms with Crippen molar-refractivity contribution in [1.82, 2.24) is 25.9 Å². The molecule has 1 heterocycles. The molecule has 76 valence electrons. The number of aromatic amines is 1. The van der Waals surface area contributed by atoms with Gasteiger partial charge in [0.2, 0.25) is 0 Å². The molecule has 0 aromatic carbocycles. The number of H-pyrrole nitrogens is 1. The molecule has 2 rings (SSSR count). The Morgan fingerprint density at radius 2 is 2.43 bits per heavy atom. The summed E-state index contributed by atoms with van der Waals surface area (Å²) in [5.41, 5.74) is 0. The van der Waals surface area contributed by atoms with Gasteiger partial charge in [0.05, 0.1) is 0 Å². The summed E-state index contributed by atoms with van der Waals surface area (Å²) in [5.74, 6) is 0.664. The highest BCUT2D eigenvalue weighted by molar-refractivity contribution is 5.89. The first-order valence-electron chi connectivity index (χ1n) is 4.88. The quantitative estimate of drug-likeness (QED) is 0.714. The maximum atomic E-state index is 11.3. The molecule has 1 aliphatic rings. The van der Waals surface area contributed by atoms with Crippen LogP contribution >= 0.6 is 0 Å². The van der Waals surface area contributed by atoms with Gasteiger partial charge in [0.1, 0.15) is 0 Å². The van der Waals surface area contributed by atoms with Crippen LogP contribution in [0.1, 0.15) is 36.3 Å². The van der Waals surface area contributed by atoms with E-state index in [1.807, 2.05) is 0 Å². The highest BCUT2D eigenvalue weighted by Crippen LogP contribution is 2.28. The number of aromatic nitrogens is 4. The van der Waals surface area contributed by atoms with Gasteiger partial charge in [-0.25, -0.2) is 0 Å². The predicted molar refractivity (Wildman–Crippen MR) is 48.5 cm³/mol. The van der Waals surface area contributed by atoms with E-state index in [4.69, 9.17) is 0 Å². The molecular formula is C8H13N5O. The highest BCUT2D eigenvalue weighted by Gasteiger charge is 2.17. The van der Waals surface area contributed by atoms with E-state index in [1.165, 1.54) is 19.3 Å². The van der Waals surface area contributed by atoms with Gasteiger partial charge >= 0.3 is 0 Å². The van der Waals surface area contributed by atoms with Crippen LogP contribution in [0.5, 0.6) is 0 Å². The van der Waals surface area contributed by atoms with Gasteiger partial charge in [0.25, 0.3) is 11.7 Å². The van der Waals surface area contributed by atoms with Crippen LogP contribution in [-0.2, 0) is 0 Å². The molecule has 6 nitrogen and oxygen atoms in total. The zero-order valence-corrected chi connectivity index (χ0v) is 7.86. The van der Waals surface area contributed by atoms with Crippen LogP contribution in [0.3, 0.4) is 0 Å². The number of amides is 1. The molecule has 6 heteroatoms. The Morgan fingerprint density at radius 3 is 3.00 bits per heavy atom. The standard InChI is InChI=1S/C8H13N5O/c14-8(7-10-12-13-11-7)9-5-4-6-2-1-3-6/h6H,1-5H2,(H,9,14)(H,10,11,12,13). The molecule has 2 N–H and O–H groups in total. The summed E-state index contributed by atoms with van der Waals surface area (Å²) in [6.07, 6.45) is 5.00. The molecule has 1 amide bonds. The van der Waals surface area contributed by atoms with Gasteiger partial charge < -0.3 is 5.32 Å². The van der Waals surface area contributed by atoms with E-state index in [0.717, 1.165) is 12.3 Å². The minimum Gasteiger partial charge on any atom is -0.349 e. The van der Waals surface area contributed by atoms with E-state index < -0.39 is 0 Å². The molecule has 1 aliphatic carbocycles. The minimum atomic E-state index is -0.252. The SMILES string of the molecule is O=C(NCCC1CCC1)c1nn[nH]n1. The van der Waals surface area contributed by atoms with Crippen molar-refractivity contribution in [3.63, 3.8) is 0 Å². The maximum Gasteiger partial charge on any atom is 0.292 e. The second-order valence-electron chi connectivity index (χ2n) is 3.58. The van der Waals surface area contributed by atoms with Crippen molar-refractivity contribution in [2.45, 2.75) is 25.7 Å². The van der Waals surface area contributed by atoms with Crippen molar-refractivity contribution in [3.05, 3.63) is 5.82 Å². The Morgan fingerprint density at radius 1 is 1.57 bits per heavy atom. The van der Waals surface area contributed by atoms with E-state index in [1.54, 1.807) is 0 Å². The summed E-state index contributed by atoms with van der Waals surface area (Å²) >= 11 is 0. The Bertz CT molecular complexity index is 293. The molecule has 1 fully saturated rings. The zero-order valence-electron chi connectivity index (χ0n) is 7.86. The number of carbonyl (C=O) groups is 1. The summed E-state index contributed by atoms with van der Waals surface area (Å²) in [7, 11) is 0. The molecule has 1 aromatic heterocycles. The highest BCUT2D eigenvalue weighted by atomic mass is 16.2. The molecule has 0 atom stereocenters. The zero-order chi connectivity index (χ0) is 9.80. The maximum absolute atomic E-state index is 11.3. The summed E-state index contributed by atoms with van der Waals surface area (Å²) in [6, 6.07) is 0. The lowest BCUT2D eigenvalue weighted by Crippen LogP contribution is -2.28. The summed E-state index contributed by atoms with van der Waals surface area (Å²) < 4.78 is 0. The normalized spacial score (nSPS) is 16.3. The average Bonchev–Trinajstić information content (AvgIpc) is 2.61. The topological polar surface area (TPSA) is 83.6 Å². The molecule has 0 radical (unpaired) electrons. The smallest absolute Gasteiger partial charge is 0.292 e. The molecular weight excluding hydrogens is 182 g/mol. The van der Waals surface area contributed by atoms with Gasteiger partial charge in [-0.2, -0.15) is 5.21 Å². The number of tetrazole rings is 1. The van der Waals surface area contributed by atoms with Crippen molar-refractivity contribution in [2.75, 3.05) is 6.54 Å². The van der Waals surface area contributed by atoms with E-state index in [2.05, 4.69) is 25.9 Å². The van der Waals surface area contributed by atoms with Gasteiger partial charge in [-0.05, 0) is 17.6 Å². The van der Waals surface area contributed by atoms with Crippen LogP contribution in [-0.4, -0.2) is 33.1 Å².